The SMILES string of the molecule is CCc1cc(C(C)C)ccc2c(S(=O)(=O)O)cc(CC)c1-2. The molecule has 2 aliphatic rings. The topological polar surface area (TPSA) is 54.4 Å². The summed E-state index contributed by atoms with van der Waals surface area (Å²) in [6.45, 7) is 8.30. The van der Waals surface area contributed by atoms with Crippen LogP contribution in [0.4, 0.5) is 0 Å². The van der Waals surface area contributed by atoms with Crippen molar-refractivity contribution in [3.05, 3.63) is 41.0 Å². The van der Waals surface area contributed by atoms with E-state index in [0.29, 0.717) is 11.5 Å². The summed E-state index contributed by atoms with van der Waals surface area (Å²) < 4.78 is 32.8. The molecule has 2 aliphatic carbocycles. The molecule has 0 fully saturated rings. The minimum atomic E-state index is -4.21. The fourth-order valence-electron chi connectivity index (χ4n) is 2.78. The van der Waals surface area contributed by atoms with Crippen LogP contribution >= 0.6 is 0 Å². The van der Waals surface area contributed by atoms with E-state index in [4.69, 9.17) is 0 Å². The van der Waals surface area contributed by atoms with Gasteiger partial charge in [0.15, 0.2) is 0 Å². The van der Waals surface area contributed by atoms with E-state index in [-0.39, 0.29) is 4.90 Å². The molecule has 0 saturated carbocycles. The van der Waals surface area contributed by atoms with Gasteiger partial charge in [0.25, 0.3) is 10.1 Å². The Balaban J connectivity index is 2.89. The highest BCUT2D eigenvalue weighted by atomic mass is 32.2. The van der Waals surface area contributed by atoms with Crippen LogP contribution in [-0.2, 0) is 23.0 Å². The molecule has 0 saturated heterocycles. The maximum absolute atomic E-state index is 11.7. The lowest BCUT2D eigenvalue weighted by molar-refractivity contribution is 0.484. The van der Waals surface area contributed by atoms with E-state index in [2.05, 4.69) is 26.8 Å². The van der Waals surface area contributed by atoms with Crippen LogP contribution in [0.5, 0.6) is 0 Å². The van der Waals surface area contributed by atoms with Crippen LogP contribution in [-0.4, -0.2) is 13.0 Å². The Morgan fingerprint density at radius 2 is 1.62 bits per heavy atom. The number of rotatable bonds is 4. The highest BCUT2D eigenvalue weighted by molar-refractivity contribution is 7.86. The van der Waals surface area contributed by atoms with Crippen molar-refractivity contribution >= 4 is 10.1 Å². The minimum absolute atomic E-state index is 0.0231. The molecule has 3 nitrogen and oxygen atoms in total. The molecule has 0 aliphatic heterocycles. The molecule has 114 valence electrons. The van der Waals surface area contributed by atoms with Crippen LogP contribution in [0.2, 0.25) is 0 Å². The largest absolute Gasteiger partial charge is 0.295 e. The van der Waals surface area contributed by atoms with Crippen molar-refractivity contribution in [3.63, 3.8) is 0 Å². The highest BCUT2D eigenvalue weighted by Gasteiger charge is 2.24. The molecule has 0 aromatic heterocycles. The van der Waals surface area contributed by atoms with Crippen molar-refractivity contribution in [1.82, 2.24) is 0 Å². The molecule has 4 heteroatoms. The predicted molar refractivity (Wildman–Crippen MR) is 85.7 cm³/mol. The number of fused-ring (bicyclic) bond motifs is 1. The van der Waals surface area contributed by atoms with E-state index in [1.54, 1.807) is 6.07 Å². The zero-order chi connectivity index (χ0) is 15.8. The summed E-state index contributed by atoms with van der Waals surface area (Å²) in [6.07, 6.45) is 1.56. The van der Waals surface area contributed by atoms with E-state index in [9.17, 15) is 13.0 Å². The van der Waals surface area contributed by atoms with Gasteiger partial charge >= 0.3 is 0 Å². The zero-order valence-electron chi connectivity index (χ0n) is 13.0. The third-order valence-electron chi connectivity index (χ3n) is 3.97. The molecule has 2 rings (SSSR count). The van der Waals surface area contributed by atoms with Crippen molar-refractivity contribution in [3.8, 4) is 11.1 Å². The standard InChI is InChI=1S/C17H22O3S/c1-5-12-9-14(11(3)4)7-8-15-16(21(18,19)20)10-13(6-2)17(12)15/h7-11H,5-6H2,1-4H3,(H,18,19,20). The van der Waals surface area contributed by atoms with Crippen LogP contribution in [0.25, 0.3) is 11.1 Å². The summed E-state index contributed by atoms with van der Waals surface area (Å²) in [5, 5.41) is 0. The first-order valence-corrected chi connectivity index (χ1v) is 8.79. The quantitative estimate of drug-likeness (QED) is 0.857. The summed E-state index contributed by atoms with van der Waals surface area (Å²) in [6, 6.07) is 7.54. The second-order valence-electron chi connectivity index (χ2n) is 5.66. The molecule has 0 atom stereocenters. The summed E-state index contributed by atoms with van der Waals surface area (Å²) in [7, 11) is -4.21. The predicted octanol–water partition coefficient (Wildman–Crippen LogP) is 4.29. The first kappa shape index (κ1) is 16.0. The van der Waals surface area contributed by atoms with Crippen molar-refractivity contribution in [2.24, 2.45) is 0 Å². The lowest BCUT2D eigenvalue weighted by atomic mass is 9.98. The Morgan fingerprint density at radius 3 is 2.10 bits per heavy atom. The lowest BCUT2D eigenvalue weighted by Gasteiger charge is -2.06. The van der Waals surface area contributed by atoms with Crippen LogP contribution in [0, 0.1) is 0 Å². The molecule has 1 N–H and O–H groups in total. The van der Waals surface area contributed by atoms with Gasteiger partial charge in [0.2, 0.25) is 0 Å². The van der Waals surface area contributed by atoms with Crippen molar-refractivity contribution in [1.29, 1.82) is 0 Å². The Bertz CT molecular complexity index is 730. The van der Waals surface area contributed by atoms with Gasteiger partial charge in [0.05, 0.1) is 0 Å². The average molecular weight is 306 g/mol. The third-order valence-corrected chi connectivity index (χ3v) is 4.87. The minimum Gasteiger partial charge on any atom is -0.282 e. The van der Waals surface area contributed by atoms with Gasteiger partial charge in [0.1, 0.15) is 4.90 Å². The molecular weight excluding hydrogens is 284 g/mol. The van der Waals surface area contributed by atoms with Crippen LogP contribution in [0.3, 0.4) is 0 Å². The van der Waals surface area contributed by atoms with Gasteiger partial charge < -0.3 is 0 Å². The fourth-order valence-corrected chi connectivity index (χ4v) is 3.52. The van der Waals surface area contributed by atoms with Gasteiger partial charge in [-0.15, -0.1) is 0 Å². The number of hydrogen-bond donors (Lipinski definition) is 1. The van der Waals surface area contributed by atoms with Gasteiger partial charge in [-0.3, -0.25) is 4.55 Å². The zero-order valence-corrected chi connectivity index (χ0v) is 13.8. The molecule has 0 heterocycles. The monoisotopic (exact) mass is 306 g/mol. The van der Waals surface area contributed by atoms with Gasteiger partial charge in [-0.05, 0) is 47.1 Å². The molecule has 0 amide bonds. The van der Waals surface area contributed by atoms with Gasteiger partial charge in [-0.25, -0.2) is 0 Å². The summed E-state index contributed by atoms with van der Waals surface area (Å²) in [5.74, 6) is 0.367. The van der Waals surface area contributed by atoms with Crippen molar-refractivity contribution in [2.75, 3.05) is 0 Å². The summed E-state index contributed by atoms with van der Waals surface area (Å²) in [4.78, 5) is 0.0231. The van der Waals surface area contributed by atoms with Crippen LogP contribution in [0.1, 0.15) is 50.3 Å². The Hall–Kier alpha value is -1.39. The molecule has 0 radical (unpaired) electrons. The Kier molecular flexibility index (Phi) is 4.40. The highest BCUT2D eigenvalue weighted by Crippen LogP contribution is 2.38. The van der Waals surface area contributed by atoms with E-state index in [1.807, 2.05) is 19.1 Å². The first-order valence-electron chi connectivity index (χ1n) is 7.35. The maximum atomic E-state index is 11.7. The average Bonchev–Trinajstić information content (AvgIpc) is 2.67. The second-order valence-corrected chi connectivity index (χ2v) is 7.05. The Morgan fingerprint density at radius 1 is 1.05 bits per heavy atom. The smallest absolute Gasteiger partial charge is 0.282 e. The van der Waals surface area contributed by atoms with Crippen molar-refractivity contribution in [2.45, 2.75) is 51.3 Å². The van der Waals surface area contributed by atoms with E-state index >= 15 is 0 Å². The maximum Gasteiger partial charge on any atom is 0.295 e. The van der Waals surface area contributed by atoms with Gasteiger partial charge in [-0.2, -0.15) is 8.42 Å². The number of hydrogen-bond acceptors (Lipinski definition) is 2. The van der Waals surface area contributed by atoms with E-state index in [1.165, 1.54) is 5.56 Å². The molecular formula is C17H22O3S. The molecule has 0 spiro atoms. The van der Waals surface area contributed by atoms with Gasteiger partial charge in [-0.1, -0.05) is 45.9 Å². The molecule has 0 aromatic rings. The second kappa shape index (κ2) is 5.78. The van der Waals surface area contributed by atoms with E-state index in [0.717, 1.165) is 29.5 Å². The summed E-state index contributed by atoms with van der Waals surface area (Å²) >= 11 is 0. The normalized spacial score (nSPS) is 12.3. The summed E-state index contributed by atoms with van der Waals surface area (Å²) in [5.41, 5.74) is 4.87. The van der Waals surface area contributed by atoms with Crippen LogP contribution < -0.4 is 0 Å². The third kappa shape index (κ3) is 2.97. The van der Waals surface area contributed by atoms with Gasteiger partial charge in [0, 0.05) is 5.56 Å². The molecule has 21 heavy (non-hydrogen) atoms. The molecule has 0 unspecified atom stereocenters. The number of aryl methyl sites for hydroxylation is 2. The first-order chi connectivity index (χ1) is 9.79. The van der Waals surface area contributed by atoms with Crippen LogP contribution in [0.15, 0.2) is 29.2 Å². The Labute approximate surface area is 127 Å². The van der Waals surface area contributed by atoms with Crippen molar-refractivity contribution < 1.29 is 13.0 Å². The lowest BCUT2D eigenvalue weighted by Crippen LogP contribution is -1.97. The molecule has 0 aromatic carbocycles. The molecule has 0 bridgehead atoms. The fraction of sp³-hybridized carbons (Fsp3) is 0.412. The van der Waals surface area contributed by atoms with E-state index < -0.39 is 10.1 Å².